The van der Waals surface area contributed by atoms with Crippen molar-refractivity contribution < 1.29 is 9.59 Å². The van der Waals surface area contributed by atoms with Crippen molar-refractivity contribution in [3.8, 4) is 0 Å². The maximum atomic E-state index is 12.5. The first kappa shape index (κ1) is 12.8. The van der Waals surface area contributed by atoms with Gasteiger partial charge < -0.3 is 5.73 Å². The highest BCUT2D eigenvalue weighted by atomic mass is 79.9. The van der Waals surface area contributed by atoms with Crippen molar-refractivity contribution in [1.29, 1.82) is 0 Å². The van der Waals surface area contributed by atoms with E-state index in [0.717, 1.165) is 30.2 Å². The minimum absolute atomic E-state index is 0.195. The number of imide groups is 1. The first-order valence-electron chi connectivity index (χ1n) is 6.47. The van der Waals surface area contributed by atoms with Crippen molar-refractivity contribution in [1.82, 2.24) is 4.90 Å². The van der Waals surface area contributed by atoms with Crippen molar-refractivity contribution in [3.63, 3.8) is 0 Å². The largest absolute Gasteiger partial charge is 0.328 e. The highest BCUT2D eigenvalue weighted by Gasteiger charge is 2.49. The number of nitrogens with zero attached hydrogens (tertiary/aromatic N) is 1. The average molecular weight is 323 g/mol. The lowest BCUT2D eigenvalue weighted by atomic mass is 9.95. The van der Waals surface area contributed by atoms with E-state index in [1.807, 2.05) is 0 Å². The maximum Gasteiger partial charge on any atom is 0.262 e. The minimum atomic E-state index is -0.473. The molecule has 2 aliphatic rings. The van der Waals surface area contributed by atoms with Crippen molar-refractivity contribution in [2.75, 3.05) is 6.54 Å². The quantitative estimate of drug-likeness (QED) is 0.850. The van der Waals surface area contributed by atoms with Gasteiger partial charge in [0.05, 0.1) is 16.7 Å². The summed E-state index contributed by atoms with van der Waals surface area (Å²) in [7, 11) is 0. The molecule has 0 unspecified atom stereocenters. The van der Waals surface area contributed by atoms with E-state index in [1.165, 1.54) is 4.90 Å². The van der Waals surface area contributed by atoms with Crippen LogP contribution in [0, 0.1) is 0 Å². The molecule has 0 aromatic heterocycles. The van der Waals surface area contributed by atoms with E-state index in [9.17, 15) is 9.59 Å². The molecular weight excluding hydrogens is 308 g/mol. The second-order valence-corrected chi connectivity index (χ2v) is 6.19. The van der Waals surface area contributed by atoms with Crippen LogP contribution in [-0.2, 0) is 0 Å². The van der Waals surface area contributed by atoms with Gasteiger partial charge in [0.25, 0.3) is 11.8 Å². The summed E-state index contributed by atoms with van der Waals surface area (Å²) in [6.07, 6.45) is 3.68. The molecule has 1 aromatic rings. The molecule has 3 rings (SSSR count). The van der Waals surface area contributed by atoms with Gasteiger partial charge >= 0.3 is 0 Å². The summed E-state index contributed by atoms with van der Waals surface area (Å²) in [5.74, 6) is -0.395. The number of halogens is 1. The normalized spacial score (nSPS) is 21.1. The molecule has 4 nitrogen and oxygen atoms in total. The minimum Gasteiger partial charge on any atom is -0.328 e. The third kappa shape index (κ3) is 1.75. The predicted octanol–water partition coefficient (Wildman–Crippen LogP) is 2.32. The van der Waals surface area contributed by atoms with Gasteiger partial charge in [0, 0.05) is 11.0 Å². The molecule has 1 fully saturated rings. The molecule has 0 atom stereocenters. The molecular formula is C14H15BrN2O2. The molecule has 0 radical (unpaired) electrons. The fourth-order valence-electron chi connectivity index (χ4n) is 3.20. The van der Waals surface area contributed by atoms with Gasteiger partial charge in [-0.05, 0) is 31.0 Å². The summed E-state index contributed by atoms with van der Waals surface area (Å²) >= 11 is 3.34. The van der Waals surface area contributed by atoms with E-state index in [-0.39, 0.29) is 11.8 Å². The van der Waals surface area contributed by atoms with E-state index >= 15 is 0 Å². The zero-order chi connectivity index (χ0) is 13.6. The van der Waals surface area contributed by atoms with E-state index < -0.39 is 5.54 Å². The Morgan fingerprint density at radius 1 is 1.16 bits per heavy atom. The number of fused-ring (bicyclic) bond motifs is 1. The van der Waals surface area contributed by atoms with E-state index in [4.69, 9.17) is 5.73 Å². The second-order valence-electron chi connectivity index (χ2n) is 5.27. The number of hydrogen-bond acceptors (Lipinski definition) is 3. The van der Waals surface area contributed by atoms with Crippen LogP contribution in [-0.4, -0.2) is 28.8 Å². The van der Waals surface area contributed by atoms with E-state index in [2.05, 4.69) is 15.9 Å². The highest BCUT2D eigenvalue weighted by molar-refractivity contribution is 9.10. The van der Waals surface area contributed by atoms with Crippen molar-refractivity contribution in [2.45, 2.75) is 31.2 Å². The number of benzene rings is 1. The lowest BCUT2D eigenvalue weighted by molar-refractivity contribution is 0.0443. The Bertz CT molecular complexity index is 565. The number of carbonyl (C=O) groups excluding carboxylic acids is 2. The molecule has 1 aliphatic carbocycles. The molecule has 0 spiro atoms. The average Bonchev–Trinajstić information content (AvgIpc) is 2.96. The summed E-state index contributed by atoms with van der Waals surface area (Å²) in [5.41, 5.74) is 6.39. The molecule has 1 aromatic carbocycles. The number of amides is 2. The Morgan fingerprint density at radius 3 is 2.42 bits per heavy atom. The zero-order valence-electron chi connectivity index (χ0n) is 10.5. The molecule has 0 bridgehead atoms. The smallest absolute Gasteiger partial charge is 0.262 e. The third-order valence-corrected chi connectivity index (χ3v) is 4.73. The second kappa shape index (κ2) is 4.42. The van der Waals surface area contributed by atoms with Crippen LogP contribution in [0.2, 0.25) is 0 Å². The molecule has 1 aliphatic heterocycles. The Kier molecular flexibility index (Phi) is 2.98. The number of rotatable bonds is 2. The van der Waals surface area contributed by atoms with Crippen LogP contribution in [0.5, 0.6) is 0 Å². The van der Waals surface area contributed by atoms with Gasteiger partial charge in [-0.2, -0.15) is 0 Å². The molecule has 0 saturated heterocycles. The topological polar surface area (TPSA) is 63.4 Å². The van der Waals surface area contributed by atoms with Crippen molar-refractivity contribution in [3.05, 3.63) is 33.8 Å². The Morgan fingerprint density at radius 2 is 1.79 bits per heavy atom. The number of carbonyl (C=O) groups is 2. The fraction of sp³-hybridized carbons (Fsp3) is 0.429. The molecule has 2 amide bonds. The van der Waals surface area contributed by atoms with Crippen LogP contribution in [0.15, 0.2) is 22.7 Å². The van der Waals surface area contributed by atoms with Gasteiger partial charge in [-0.3, -0.25) is 14.5 Å². The Hall–Kier alpha value is -1.20. The van der Waals surface area contributed by atoms with Gasteiger partial charge in [0.15, 0.2) is 0 Å². The Balaban J connectivity index is 2.07. The molecule has 19 heavy (non-hydrogen) atoms. The van der Waals surface area contributed by atoms with Gasteiger partial charge in [0.1, 0.15) is 0 Å². The fourth-order valence-corrected chi connectivity index (χ4v) is 3.56. The summed E-state index contributed by atoms with van der Waals surface area (Å²) < 4.78 is 0.808. The van der Waals surface area contributed by atoms with Crippen LogP contribution in [0.4, 0.5) is 0 Å². The van der Waals surface area contributed by atoms with Crippen LogP contribution in [0.3, 0.4) is 0 Å². The van der Waals surface area contributed by atoms with Gasteiger partial charge in [-0.1, -0.05) is 28.8 Å². The highest BCUT2D eigenvalue weighted by Crippen LogP contribution is 2.39. The summed E-state index contributed by atoms with van der Waals surface area (Å²) in [6.45, 7) is 0.347. The summed E-state index contributed by atoms with van der Waals surface area (Å²) in [5, 5.41) is 0. The van der Waals surface area contributed by atoms with Crippen LogP contribution < -0.4 is 5.73 Å². The first-order valence-corrected chi connectivity index (χ1v) is 7.27. The number of hydrogen-bond donors (Lipinski definition) is 1. The van der Waals surface area contributed by atoms with Gasteiger partial charge in [-0.15, -0.1) is 0 Å². The standard InChI is InChI=1S/C14H15BrN2O2/c15-9-3-4-10-11(7-9)13(19)17(12(10)18)14(8-16)5-1-2-6-14/h3-4,7H,1-2,5-6,8,16H2. The first-order chi connectivity index (χ1) is 9.09. The summed E-state index contributed by atoms with van der Waals surface area (Å²) in [4.78, 5) is 26.5. The van der Waals surface area contributed by atoms with Crippen molar-refractivity contribution >= 4 is 27.7 Å². The molecule has 2 N–H and O–H groups in total. The molecule has 1 saturated carbocycles. The number of nitrogens with two attached hydrogens (primary N) is 1. The van der Waals surface area contributed by atoms with E-state index in [0.29, 0.717) is 17.7 Å². The van der Waals surface area contributed by atoms with Gasteiger partial charge in [0.2, 0.25) is 0 Å². The monoisotopic (exact) mass is 322 g/mol. The lowest BCUT2D eigenvalue weighted by Crippen LogP contribution is -2.54. The predicted molar refractivity (Wildman–Crippen MR) is 74.9 cm³/mol. The van der Waals surface area contributed by atoms with Crippen LogP contribution in [0.25, 0.3) is 0 Å². The molecule has 100 valence electrons. The van der Waals surface area contributed by atoms with Crippen LogP contribution >= 0.6 is 15.9 Å². The zero-order valence-corrected chi connectivity index (χ0v) is 12.1. The molecule has 5 heteroatoms. The lowest BCUT2D eigenvalue weighted by Gasteiger charge is -2.36. The van der Waals surface area contributed by atoms with Crippen LogP contribution in [0.1, 0.15) is 46.4 Å². The maximum absolute atomic E-state index is 12.5. The van der Waals surface area contributed by atoms with Crippen molar-refractivity contribution in [2.24, 2.45) is 5.73 Å². The SMILES string of the molecule is NCC1(N2C(=O)c3ccc(Br)cc3C2=O)CCCC1. The third-order valence-electron chi connectivity index (χ3n) is 4.24. The Labute approximate surface area is 120 Å². The summed E-state index contributed by atoms with van der Waals surface area (Å²) in [6, 6.07) is 5.21. The molecule has 1 heterocycles. The van der Waals surface area contributed by atoms with E-state index in [1.54, 1.807) is 18.2 Å². The van der Waals surface area contributed by atoms with Gasteiger partial charge in [-0.25, -0.2) is 0 Å².